The molecule has 1 aromatic carbocycles. The molecule has 1 aliphatic carbocycles. The lowest BCUT2D eigenvalue weighted by Gasteiger charge is -2.29. The Labute approximate surface area is 142 Å². The summed E-state index contributed by atoms with van der Waals surface area (Å²) in [6.45, 7) is 3.58. The predicted molar refractivity (Wildman–Crippen MR) is 93.9 cm³/mol. The van der Waals surface area contributed by atoms with Crippen molar-refractivity contribution < 1.29 is 9.59 Å². The van der Waals surface area contributed by atoms with Gasteiger partial charge < -0.3 is 10.6 Å². The van der Waals surface area contributed by atoms with E-state index in [1.807, 2.05) is 6.07 Å². The van der Waals surface area contributed by atoms with Crippen LogP contribution in [0.25, 0.3) is 6.08 Å². The van der Waals surface area contributed by atoms with E-state index in [0.717, 1.165) is 24.8 Å². The summed E-state index contributed by atoms with van der Waals surface area (Å²) in [5, 5.41) is 15.0. The lowest BCUT2D eigenvalue weighted by molar-refractivity contribution is -0.118. The molecule has 5 nitrogen and oxygen atoms in total. The maximum atomic E-state index is 12.3. The molecule has 2 amide bonds. The zero-order valence-corrected chi connectivity index (χ0v) is 14.1. The van der Waals surface area contributed by atoms with Crippen molar-refractivity contribution in [3.63, 3.8) is 0 Å². The van der Waals surface area contributed by atoms with Gasteiger partial charge in [-0.1, -0.05) is 31.9 Å². The minimum Gasteiger partial charge on any atom is -0.348 e. The maximum absolute atomic E-state index is 12.3. The number of hydrogen-bond donors (Lipinski definition) is 2. The first-order valence-electron chi connectivity index (χ1n) is 8.30. The molecule has 24 heavy (non-hydrogen) atoms. The Morgan fingerprint density at radius 2 is 1.88 bits per heavy atom. The van der Waals surface area contributed by atoms with E-state index < -0.39 is 0 Å². The van der Waals surface area contributed by atoms with Crippen molar-refractivity contribution >= 4 is 23.6 Å². The first-order valence-corrected chi connectivity index (χ1v) is 8.30. The van der Waals surface area contributed by atoms with Crippen molar-refractivity contribution in [1.82, 2.24) is 5.32 Å². The number of nitrogens with zero attached hydrogens (tertiary/aromatic N) is 1. The molecule has 2 unspecified atom stereocenters. The molecule has 1 saturated carbocycles. The highest BCUT2D eigenvalue weighted by molar-refractivity contribution is 6.01. The molecule has 0 aromatic heterocycles. The second kappa shape index (κ2) is 8.30. The summed E-state index contributed by atoms with van der Waals surface area (Å²) in [6, 6.07) is 9.13. The molecule has 0 saturated heterocycles. The molecular formula is C19H23N3O2. The van der Waals surface area contributed by atoms with Gasteiger partial charge in [0.05, 0.1) is 0 Å². The Kier molecular flexibility index (Phi) is 6.14. The molecule has 5 heteroatoms. The third kappa shape index (κ3) is 4.95. The van der Waals surface area contributed by atoms with E-state index in [2.05, 4.69) is 17.6 Å². The maximum Gasteiger partial charge on any atom is 0.262 e. The summed E-state index contributed by atoms with van der Waals surface area (Å²) in [4.78, 5) is 23.4. The molecule has 2 rings (SSSR count). The molecule has 2 atom stereocenters. The number of carbonyl (C=O) groups excluding carboxylic acids is 2. The largest absolute Gasteiger partial charge is 0.348 e. The second-order valence-corrected chi connectivity index (χ2v) is 6.31. The Morgan fingerprint density at radius 3 is 2.46 bits per heavy atom. The number of nitriles is 1. The minimum absolute atomic E-state index is 0.0973. The molecule has 0 aliphatic heterocycles. The number of nitrogens with one attached hydrogen (secondary N) is 2. The van der Waals surface area contributed by atoms with Gasteiger partial charge in [-0.2, -0.15) is 5.26 Å². The fourth-order valence-electron chi connectivity index (χ4n) is 2.96. The van der Waals surface area contributed by atoms with Gasteiger partial charge in [0.25, 0.3) is 5.91 Å². The fraction of sp³-hybridized carbons (Fsp3) is 0.421. The average molecular weight is 325 g/mol. The van der Waals surface area contributed by atoms with Crippen LogP contribution in [0.2, 0.25) is 0 Å². The van der Waals surface area contributed by atoms with Crippen LogP contribution in [0.4, 0.5) is 5.69 Å². The summed E-state index contributed by atoms with van der Waals surface area (Å²) in [7, 11) is 0. The van der Waals surface area contributed by atoms with Crippen molar-refractivity contribution in [2.24, 2.45) is 5.92 Å². The number of rotatable bonds is 4. The Bertz CT molecular complexity index is 671. The van der Waals surface area contributed by atoms with Crippen LogP contribution in [-0.4, -0.2) is 17.9 Å². The topological polar surface area (TPSA) is 82.0 Å². The monoisotopic (exact) mass is 325 g/mol. The van der Waals surface area contributed by atoms with Crippen molar-refractivity contribution in [3.8, 4) is 6.07 Å². The van der Waals surface area contributed by atoms with E-state index >= 15 is 0 Å². The molecule has 1 aromatic rings. The minimum atomic E-state index is -0.317. The predicted octanol–water partition coefficient (Wildman–Crippen LogP) is 3.25. The molecule has 0 radical (unpaired) electrons. The van der Waals surface area contributed by atoms with Crippen LogP contribution in [0.15, 0.2) is 29.8 Å². The van der Waals surface area contributed by atoms with Crippen molar-refractivity contribution in [2.45, 2.75) is 45.6 Å². The van der Waals surface area contributed by atoms with Crippen LogP contribution >= 0.6 is 0 Å². The molecule has 126 valence electrons. The van der Waals surface area contributed by atoms with Crippen molar-refractivity contribution in [1.29, 1.82) is 5.26 Å². The van der Waals surface area contributed by atoms with Gasteiger partial charge in [0.15, 0.2) is 0 Å². The molecule has 1 fully saturated rings. The van der Waals surface area contributed by atoms with Crippen molar-refractivity contribution in [2.75, 3.05) is 5.32 Å². The molecule has 1 aliphatic rings. The summed E-state index contributed by atoms with van der Waals surface area (Å²) >= 11 is 0. The first-order chi connectivity index (χ1) is 11.5. The smallest absolute Gasteiger partial charge is 0.262 e. The number of benzene rings is 1. The Morgan fingerprint density at radius 1 is 1.21 bits per heavy atom. The highest BCUT2D eigenvalue weighted by Crippen LogP contribution is 2.24. The number of anilines is 1. The second-order valence-electron chi connectivity index (χ2n) is 6.31. The first kappa shape index (κ1) is 17.7. The number of carbonyl (C=O) groups is 2. The average Bonchev–Trinajstić information content (AvgIpc) is 2.55. The standard InChI is InChI=1S/C19H23N3O2/c1-13-5-3-4-6-18(13)22-19(24)16(12-20)11-15-7-9-17(10-8-15)21-14(2)23/h7-11,13,18H,3-6H2,1-2H3,(H,21,23)(H,22,24)/b16-11+. The van der Waals surface area contributed by atoms with Gasteiger partial charge in [0.2, 0.25) is 5.91 Å². The van der Waals surface area contributed by atoms with Crippen LogP contribution in [-0.2, 0) is 9.59 Å². The van der Waals surface area contributed by atoms with Crippen LogP contribution in [0, 0.1) is 17.2 Å². The van der Waals surface area contributed by atoms with Gasteiger partial charge in [-0.15, -0.1) is 0 Å². The highest BCUT2D eigenvalue weighted by Gasteiger charge is 2.23. The summed E-state index contributed by atoms with van der Waals surface area (Å²) < 4.78 is 0. The molecule has 0 heterocycles. The fourth-order valence-corrected chi connectivity index (χ4v) is 2.96. The van der Waals surface area contributed by atoms with E-state index in [0.29, 0.717) is 11.6 Å². The van der Waals surface area contributed by atoms with E-state index in [4.69, 9.17) is 0 Å². The zero-order chi connectivity index (χ0) is 17.5. The number of amides is 2. The van der Waals surface area contributed by atoms with Crippen molar-refractivity contribution in [3.05, 3.63) is 35.4 Å². The number of hydrogen-bond acceptors (Lipinski definition) is 3. The molecule has 0 bridgehead atoms. The van der Waals surface area contributed by atoms with Gasteiger partial charge in [0, 0.05) is 18.7 Å². The highest BCUT2D eigenvalue weighted by atomic mass is 16.2. The van der Waals surface area contributed by atoms with E-state index in [-0.39, 0.29) is 23.4 Å². The van der Waals surface area contributed by atoms with E-state index in [1.54, 1.807) is 30.3 Å². The van der Waals surface area contributed by atoms with E-state index in [9.17, 15) is 14.9 Å². The third-order valence-electron chi connectivity index (χ3n) is 4.34. The Hall–Kier alpha value is -2.61. The Balaban J connectivity index is 2.06. The van der Waals surface area contributed by atoms with Crippen LogP contribution < -0.4 is 10.6 Å². The van der Waals surface area contributed by atoms with Gasteiger partial charge in [-0.25, -0.2) is 0 Å². The third-order valence-corrected chi connectivity index (χ3v) is 4.34. The van der Waals surface area contributed by atoms with Gasteiger partial charge >= 0.3 is 0 Å². The summed E-state index contributed by atoms with van der Waals surface area (Å²) in [6.07, 6.45) is 5.97. The normalized spacial score (nSPS) is 20.8. The lowest BCUT2D eigenvalue weighted by atomic mass is 9.86. The van der Waals surface area contributed by atoms with Gasteiger partial charge in [-0.05, 0) is 42.5 Å². The SMILES string of the molecule is CC(=O)Nc1ccc(/C=C(\C#N)C(=O)NC2CCCCC2C)cc1. The lowest BCUT2D eigenvalue weighted by Crippen LogP contribution is -2.41. The van der Waals surface area contributed by atoms with Gasteiger partial charge in [-0.3, -0.25) is 9.59 Å². The quantitative estimate of drug-likeness (QED) is 0.658. The summed E-state index contributed by atoms with van der Waals surface area (Å²) in [5.41, 5.74) is 1.52. The van der Waals surface area contributed by atoms with E-state index in [1.165, 1.54) is 13.3 Å². The molecular weight excluding hydrogens is 302 g/mol. The molecule has 0 spiro atoms. The summed E-state index contributed by atoms with van der Waals surface area (Å²) in [5.74, 6) is -0.0150. The van der Waals surface area contributed by atoms with Crippen LogP contribution in [0.1, 0.15) is 45.1 Å². The van der Waals surface area contributed by atoms with Crippen LogP contribution in [0.3, 0.4) is 0 Å². The van der Waals surface area contributed by atoms with Crippen LogP contribution in [0.5, 0.6) is 0 Å². The van der Waals surface area contributed by atoms with Gasteiger partial charge in [0.1, 0.15) is 11.6 Å². The zero-order valence-electron chi connectivity index (χ0n) is 14.1. The molecule has 2 N–H and O–H groups in total.